The van der Waals surface area contributed by atoms with Gasteiger partial charge in [-0.25, -0.2) is 0 Å². The van der Waals surface area contributed by atoms with Gasteiger partial charge in [0.25, 0.3) is 11.6 Å². The fourth-order valence-corrected chi connectivity index (χ4v) is 4.22. The lowest BCUT2D eigenvalue weighted by Gasteiger charge is -2.27. The van der Waals surface area contributed by atoms with Crippen molar-refractivity contribution in [1.82, 2.24) is 4.90 Å². The minimum Gasteiger partial charge on any atom is -0.395 e. The molecule has 0 saturated heterocycles. The number of aliphatic hydroxyl groups excluding tert-OH is 1. The van der Waals surface area contributed by atoms with Crippen molar-refractivity contribution in [3.8, 4) is 0 Å². The molecule has 0 aliphatic carbocycles. The molecular formula is C26H29N3O6. The Kier molecular flexibility index (Phi) is 8.16. The first kappa shape index (κ1) is 25.8. The largest absolute Gasteiger partial charge is 0.395 e. The van der Waals surface area contributed by atoms with Crippen LogP contribution in [-0.2, 0) is 21.7 Å². The fraction of sp³-hybridized carbons (Fsp3) is 0.308. The van der Waals surface area contributed by atoms with E-state index < -0.39 is 22.3 Å². The predicted molar refractivity (Wildman–Crippen MR) is 131 cm³/mol. The number of hydrogen-bond acceptors (Lipinski definition) is 6. The Labute approximate surface area is 203 Å². The van der Waals surface area contributed by atoms with Gasteiger partial charge in [0.1, 0.15) is 0 Å². The van der Waals surface area contributed by atoms with Gasteiger partial charge in [-0.05, 0) is 11.6 Å². The Morgan fingerprint density at radius 2 is 2.00 bits per heavy atom. The Morgan fingerprint density at radius 1 is 1.29 bits per heavy atom. The third-order valence-corrected chi connectivity index (χ3v) is 6.09. The number of amides is 2. The maximum absolute atomic E-state index is 13.2. The summed E-state index contributed by atoms with van der Waals surface area (Å²) in [5, 5.41) is 32.2. The molecule has 0 saturated carbocycles. The summed E-state index contributed by atoms with van der Waals surface area (Å²) in [5.74, 6) is -1.61. The van der Waals surface area contributed by atoms with Crippen LogP contribution < -0.4 is 4.90 Å². The molecule has 0 unspecified atom stereocenters. The third-order valence-electron chi connectivity index (χ3n) is 6.09. The second kappa shape index (κ2) is 11.1. The van der Waals surface area contributed by atoms with E-state index in [1.54, 1.807) is 19.1 Å². The molecule has 2 aromatic carbocycles. The molecule has 3 rings (SSSR count). The quantitative estimate of drug-likeness (QED) is 0.290. The average molecular weight is 480 g/mol. The standard InChI is InChI=1S/C26H29N3O6/c1-3-14-28-23-13-12-21(29(34)35)17-22(23)26(33,25(28)32)19(2)8-7-11-24(31)27(15-16-30)18-20-9-5-4-6-10-20/h3-10,12-13,17,19,30,33H,1,11,14-16,18H2,2H3/b8-7+/t19-,26+/m0/s1. The maximum Gasteiger partial charge on any atom is 0.269 e. The first-order valence-electron chi connectivity index (χ1n) is 11.3. The van der Waals surface area contributed by atoms with E-state index in [1.807, 2.05) is 30.3 Å². The van der Waals surface area contributed by atoms with Crippen molar-refractivity contribution in [2.24, 2.45) is 5.92 Å². The molecule has 0 spiro atoms. The lowest BCUT2D eigenvalue weighted by molar-refractivity contribution is -0.385. The number of nitrogens with zero attached hydrogens (tertiary/aromatic N) is 3. The second-order valence-corrected chi connectivity index (χ2v) is 8.37. The number of hydrogen-bond donors (Lipinski definition) is 2. The molecule has 9 heteroatoms. The van der Waals surface area contributed by atoms with E-state index in [-0.39, 0.29) is 43.3 Å². The van der Waals surface area contributed by atoms with Gasteiger partial charge >= 0.3 is 0 Å². The molecule has 184 valence electrons. The minimum atomic E-state index is -2.03. The van der Waals surface area contributed by atoms with E-state index in [0.29, 0.717) is 12.2 Å². The lowest BCUT2D eigenvalue weighted by atomic mass is 9.82. The molecule has 2 atom stereocenters. The summed E-state index contributed by atoms with van der Waals surface area (Å²) in [5.41, 5.74) is -0.802. The molecule has 0 bridgehead atoms. The highest BCUT2D eigenvalue weighted by molar-refractivity contribution is 6.07. The number of benzene rings is 2. The van der Waals surface area contributed by atoms with Gasteiger partial charge in [-0.3, -0.25) is 19.7 Å². The molecule has 1 aliphatic heterocycles. The summed E-state index contributed by atoms with van der Waals surface area (Å²) in [6, 6.07) is 13.4. The Morgan fingerprint density at radius 3 is 2.63 bits per heavy atom. The Hall–Kier alpha value is -3.82. The molecule has 0 radical (unpaired) electrons. The van der Waals surface area contributed by atoms with Crippen LogP contribution in [0, 0.1) is 16.0 Å². The van der Waals surface area contributed by atoms with E-state index in [1.165, 1.54) is 34.1 Å². The SMILES string of the molecule is C=CCN1C(=O)[C@@](O)([C@@H](C)/C=C/CC(=O)N(CCO)Cc2ccccc2)c2cc([N+](=O)[O-])ccc21. The topological polar surface area (TPSA) is 124 Å². The zero-order valence-electron chi connectivity index (χ0n) is 19.5. The number of nitro groups is 1. The number of aliphatic hydroxyl groups is 2. The van der Waals surface area contributed by atoms with Gasteiger partial charge in [-0.15, -0.1) is 6.58 Å². The van der Waals surface area contributed by atoms with Crippen LogP contribution in [0.3, 0.4) is 0 Å². The van der Waals surface area contributed by atoms with Gasteiger partial charge in [0, 0.05) is 49.7 Å². The highest BCUT2D eigenvalue weighted by Crippen LogP contribution is 2.46. The van der Waals surface area contributed by atoms with Crippen molar-refractivity contribution < 1.29 is 24.7 Å². The molecular weight excluding hydrogens is 450 g/mol. The predicted octanol–water partition coefficient (Wildman–Crippen LogP) is 2.92. The summed E-state index contributed by atoms with van der Waals surface area (Å²) in [7, 11) is 0. The number of anilines is 1. The van der Waals surface area contributed by atoms with Crippen LogP contribution in [0.5, 0.6) is 0 Å². The van der Waals surface area contributed by atoms with Gasteiger partial charge < -0.3 is 20.0 Å². The van der Waals surface area contributed by atoms with Gasteiger partial charge in [0.15, 0.2) is 5.60 Å². The number of carbonyl (C=O) groups excluding carboxylic acids is 2. The van der Waals surface area contributed by atoms with E-state index in [9.17, 15) is 29.9 Å². The highest BCUT2D eigenvalue weighted by Gasteiger charge is 2.52. The number of nitro benzene ring substituents is 1. The monoisotopic (exact) mass is 479 g/mol. The maximum atomic E-state index is 13.2. The summed E-state index contributed by atoms with van der Waals surface area (Å²) in [6.45, 7) is 5.74. The van der Waals surface area contributed by atoms with Crippen molar-refractivity contribution in [1.29, 1.82) is 0 Å². The van der Waals surface area contributed by atoms with Gasteiger partial charge in [0.2, 0.25) is 5.91 Å². The molecule has 2 N–H and O–H groups in total. The Bertz CT molecular complexity index is 1130. The molecule has 35 heavy (non-hydrogen) atoms. The first-order chi connectivity index (χ1) is 16.7. The van der Waals surface area contributed by atoms with Crippen molar-refractivity contribution >= 4 is 23.2 Å². The van der Waals surface area contributed by atoms with E-state index in [0.717, 1.165) is 5.56 Å². The van der Waals surface area contributed by atoms with Gasteiger partial charge in [-0.1, -0.05) is 55.5 Å². The fourth-order valence-electron chi connectivity index (χ4n) is 4.22. The van der Waals surface area contributed by atoms with Crippen molar-refractivity contribution in [3.05, 3.63) is 94.6 Å². The zero-order valence-corrected chi connectivity index (χ0v) is 19.5. The molecule has 0 fully saturated rings. The van der Waals surface area contributed by atoms with Crippen molar-refractivity contribution in [3.63, 3.8) is 0 Å². The van der Waals surface area contributed by atoms with E-state index >= 15 is 0 Å². The number of non-ortho nitro benzene ring substituents is 1. The zero-order chi connectivity index (χ0) is 25.6. The van der Waals surface area contributed by atoms with Crippen LogP contribution in [0.25, 0.3) is 0 Å². The van der Waals surface area contributed by atoms with Crippen LogP contribution in [0.1, 0.15) is 24.5 Å². The molecule has 1 heterocycles. The lowest BCUT2D eigenvalue weighted by Crippen LogP contribution is -2.44. The smallest absolute Gasteiger partial charge is 0.269 e. The summed E-state index contributed by atoms with van der Waals surface area (Å²) in [6.07, 6.45) is 4.65. The Balaban J connectivity index is 1.80. The van der Waals surface area contributed by atoms with Crippen LogP contribution in [0.15, 0.2) is 73.3 Å². The van der Waals surface area contributed by atoms with Crippen molar-refractivity contribution in [2.45, 2.75) is 25.5 Å². The molecule has 2 amide bonds. The van der Waals surface area contributed by atoms with Crippen LogP contribution in [0.4, 0.5) is 11.4 Å². The highest BCUT2D eigenvalue weighted by atomic mass is 16.6. The van der Waals surface area contributed by atoms with Crippen molar-refractivity contribution in [2.75, 3.05) is 24.6 Å². The van der Waals surface area contributed by atoms with Crippen LogP contribution >= 0.6 is 0 Å². The molecule has 2 aromatic rings. The van der Waals surface area contributed by atoms with Crippen LogP contribution in [-0.4, -0.2) is 51.5 Å². The molecule has 0 aromatic heterocycles. The van der Waals surface area contributed by atoms with Gasteiger partial charge in [-0.2, -0.15) is 0 Å². The molecule has 9 nitrogen and oxygen atoms in total. The van der Waals surface area contributed by atoms with E-state index in [2.05, 4.69) is 6.58 Å². The average Bonchev–Trinajstić information content (AvgIpc) is 3.06. The number of carbonyl (C=O) groups is 2. The normalized spacial score (nSPS) is 17.9. The van der Waals surface area contributed by atoms with E-state index in [4.69, 9.17) is 0 Å². The third kappa shape index (κ3) is 5.31. The number of rotatable bonds is 11. The minimum absolute atomic E-state index is 0.000386. The van der Waals surface area contributed by atoms with Gasteiger partial charge in [0.05, 0.1) is 17.2 Å². The first-order valence-corrected chi connectivity index (χ1v) is 11.3. The molecule has 1 aliphatic rings. The van der Waals surface area contributed by atoms with Crippen LogP contribution in [0.2, 0.25) is 0 Å². The summed E-state index contributed by atoms with van der Waals surface area (Å²) in [4.78, 5) is 39.6. The summed E-state index contributed by atoms with van der Waals surface area (Å²) < 4.78 is 0. The summed E-state index contributed by atoms with van der Waals surface area (Å²) >= 11 is 0. The second-order valence-electron chi connectivity index (χ2n) is 8.37. The number of fused-ring (bicyclic) bond motifs is 1.